The summed E-state index contributed by atoms with van der Waals surface area (Å²) in [7, 11) is 0. The highest BCUT2D eigenvalue weighted by atomic mass is 16.5. The fraction of sp³-hybridized carbons (Fsp3) is 0.688. The lowest BCUT2D eigenvalue weighted by Gasteiger charge is -2.22. The highest BCUT2D eigenvalue weighted by Crippen LogP contribution is 2.31. The molecule has 2 N–H and O–H groups in total. The van der Waals surface area contributed by atoms with Crippen LogP contribution in [0, 0.1) is 11.8 Å². The zero-order valence-electron chi connectivity index (χ0n) is 12.3. The van der Waals surface area contributed by atoms with E-state index in [1.165, 1.54) is 32.1 Å². The van der Waals surface area contributed by atoms with Gasteiger partial charge >= 0.3 is 0 Å². The highest BCUT2D eigenvalue weighted by molar-refractivity contribution is 5.54. The Morgan fingerprint density at radius 1 is 1.25 bits per heavy atom. The van der Waals surface area contributed by atoms with Gasteiger partial charge in [0.2, 0.25) is 5.88 Å². The van der Waals surface area contributed by atoms with Gasteiger partial charge < -0.3 is 15.4 Å². The van der Waals surface area contributed by atoms with Crippen LogP contribution < -0.4 is 15.4 Å². The summed E-state index contributed by atoms with van der Waals surface area (Å²) in [5.41, 5.74) is 6.62. The number of hydrogen-bond donors (Lipinski definition) is 1. The molecule has 1 saturated carbocycles. The van der Waals surface area contributed by atoms with Crippen LogP contribution in [0.4, 0.5) is 11.5 Å². The highest BCUT2D eigenvalue weighted by Gasteiger charge is 2.23. The molecule has 0 bridgehead atoms. The maximum atomic E-state index is 5.97. The van der Waals surface area contributed by atoms with Gasteiger partial charge in [0.1, 0.15) is 5.82 Å². The smallest absolute Gasteiger partial charge is 0.239 e. The molecule has 4 nitrogen and oxygen atoms in total. The minimum absolute atomic E-state index is 0.617. The third kappa shape index (κ3) is 3.35. The van der Waals surface area contributed by atoms with Crippen LogP contribution in [0.15, 0.2) is 12.1 Å². The molecule has 1 unspecified atom stereocenters. The molecule has 1 atom stereocenters. The summed E-state index contributed by atoms with van der Waals surface area (Å²) in [6.07, 6.45) is 6.36. The first-order valence-electron chi connectivity index (χ1n) is 7.86. The Balaban J connectivity index is 1.69. The van der Waals surface area contributed by atoms with Gasteiger partial charge in [-0.3, -0.25) is 0 Å². The van der Waals surface area contributed by atoms with Gasteiger partial charge in [-0.25, -0.2) is 0 Å². The fourth-order valence-electron chi connectivity index (χ4n) is 2.71. The second-order valence-electron chi connectivity index (χ2n) is 6.34. The lowest BCUT2D eigenvalue weighted by Crippen LogP contribution is -2.25. The molecule has 1 aromatic heterocycles. The summed E-state index contributed by atoms with van der Waals surface area (Å²) < 4.78 is 5.78. The lowest BCUT2D eigenvalue weighted by atomic mass is 10.0. The first-order valence-corrected chi connectivity index (χ1v) is 7.86. The van der Waals surface area contributed by atoms with E-state index in [1.807, 2.05) is 12.1 Å². The SMILES string of the molecule is CC1CCCN(c2ccc(N)c(OCC3CC3)n2)CC1. The van der Waals surface area contributed by atoms with Crippen molar-refractivity contribution < 1.29 is 4.74 Å². The molecule has 4 heteroatoms. The first-order chi connectivity index (χ1) is 9.72. The van der Waals surface area contributed by atoms with Crippen molar-refractivity contribution >= 4 is 11.5 Å². The van der Waals surface area contributed by atoms with E-state index in [-0.39, 0.29) is 0 Å². The monoisotopic (exact) mass is 275 g/mol. The molecule has 0 radical (unpaired) electrons. The number of aromatic nitrogens is 1. The summed E-state index contributed by atoms with van der Waals surface area (Å²) in [4.78, 5) is 7.01. The maximum Gasteiger partial charge on any atom is 0.239 e. The van der Waals surface area contributed by atoms with Gasteiger partial charge in [0, 0.05) is 13.1 Å². The van der Waals surface area contributed by atoms with Crippen LogP contribution in [-0.4, -0.2) is 24.7 Å². The van der Waals surface area contributed by atoms with Crippen LogP contribution in [0.1, 0.15) is 39.0 Å². The normalized spacial score (nSPS) is 23.4. The van der Waals surface area contributed by atoms with Crippen molar-refractivity contribution in [1.82, 2.24) is 4.98 Å². The molecule has 1 saturated heterocycles. The minimum atomic E-state index is 0.617. The molecule has 3 rings (SSSR count). The van der Waals surface area contributed by atoms with E-state index in [0.717, 1.165) is 37.4 Å². The summed E-state index contributed by atoms with van der Waals surface area (Å²) in [5, 5.41) is 0. The Labute approximate surface area is 121 Å². The Hall–Kier alpha value is -1.45. The van der Waals surface area contributed by atoms with E-state index in [1.54, 1.807) is 0 Å². The molecular formula is C16H25N3O. The molecule has 2 heterocycles. The van der Waals surface area contributed by atoms with E-state index < -0.39 is 0 Å². The van der Waals surface area contributed by atoms with Crippen LogP contribution in [0.2, 0.25) is 0 Å². The Morgan fingerprint density at radius 3 is 2.90 bits per heavy atom. The molecule has 0 aromatic carbocycles. The van der Waals surface area contributed by atoms with Crippen molar-refractivity contribution in [2.24, 2.45) is 11.8 Å². The molecule has 110 valence electrons. The largest absolute Gasteiger partial charge is 0.476 e. The van der Waals surface area contributed by atoms with Crippen molar-refractivity contribution in [3.8, 4) is 5.88 Å². The van der Waals surface area contributed by atoms with Crippen LogP contribution in [0.5, 0.6) is 5.88 Å². The van der Waals surface area contributed by atoms with Crippen molar-refractivity contribution in [3.63, 3.8) is 0 Å². The van der Waals surface area contributed by atoms with Gasteiger partial charge in [0.05, 0.1) is 12.3 Å². The number of nitrogen functional groups attached to an aromatic ring is 1. The van der Waals surface area contributed by atoms with Crippen molar-refractivity contribution in [2.45, 2.75) is 39.0 Å². The zero-order valence-corrected chi connectivity index (χ0v) is 12.3. The molecule has 0 amide bonds. The van der Waals surface area contributed by atoms with Crippen LogP contribution in [0.25, 0.3) is 0 Å². The van der Waals surface area contributed by atoms with E-state index in [0.29, 0.717) is 11.6 Å². The van der Waals surface area contributed by atoms with Gasteiger partial charge in [-0.2, -0.15) is 4.98 Å². The quantitative estimate of drug-likeness (QED) is 0.917. The van der Waals surface area contributed by atoms with Crippen molar-refractivity contribution in [2.75, 3.05) is 30.3 Å². The van der Waals surface area contributed by atoms with Gasteiger partial charge in [-0.1, -0.05) is 6.92 Å². The third-order valence-electron chi connectivity index (χ3n) is 4.37. The van der Waals surface area contributed by atoms with Gasteiger partial charge in [0.25, 0.3) is 0 Å². The number of nitrogens with zero attached hydrogens (tertiary/aromatic N) is 2. The number of rotatable bonds is 4. The number of pyridine rings is 1. The Kier molecular flexibility index (Phi) is 3.99. The first kappa shape index (κ1) is 13.5. The summed E-state index contributed by atoms with van der Waals surface area (Å²) in [6.45, 7) is 5.27. The van der Waals surface area contributed by atoms with Gasteiger partial charge in [0.15, 0.2) is 0 Å². The maximum absolute atomic E-state index is 5.97. The fourth-order valence-corrected chi connectivity index (χ4v) is 2.71. The second-order valence-corrected chi connectivity index (χ2v) is 6.34. The topological polar surface area (TPSA) is 51.4 Å². The average molecular weight is 275 g/mol. The average Bonchev–Trinajstić information content (AvgIpc) is 3.26. The van der Waals surface area contributed by atoms with Crippen molar-refractivity contribution in [3.05, 3.63) is 12.1 Å². The Morgan fingerprint density at radius 2 is 2.10 bits per heavy atom. The van der Waals surface area contributed by atoms with Crippen LogP contribution in [-0.2, 0) is 0 Å². The van der Waals surface area contributed by atoms with Gasteiger partial charge in [-0.15, -0.1) is 0 Å². The number of anilines is 2. The molecule has 0 spiro atoms. The van der Waals surface area contributed by atoms with Crippen LogP contribution in [0.3, 0.4) is 0 Å². The molecule has 1 aliphatic carbocycles. The van der Waals surface area contributed by atoms with E-state index in [9.17, 15) is 0 Å². The molecule has 20 heavy (non-hydrogen) atoms. The van der Waals surface area contributed by atoms with E-state index >= 15 is 0 Å². The summed E-state index contributed by atoms with van der Waals surface area (Å²) in [5.74, 6) is 3.17. The predicted molar refractivity (Wildman–Crippen MR) is 82.1 cm³/mol. The van der Waals surface area contributed by atoms with Crippen LogP contribution >= 0.6 is 0 Å². The molecule has 1 aromatic rings. The molecule has 1 aliphatic heterocycles. The van der Waals surface area contributed by atoms with Gasteiger partial charge in [-0.05, 0) is 56.1 Å². The molecular weight excluding hydrogens is 250 g/mol. The van der Waals surface area contributed by atoms with E-state index in [2.05, 4.69) is 16.8 Å². The number of ether oxygens (including phenoxy) is 1. The predicted octanol–water partition coefficient (Wildman–Crippen LogP) is 3.08. The summed E-state index contributed by atoms with van der Waals surface area (Å²) >= 11 is 0. The lowest BCUT2D eigenvalue weighted by molar-refractivity contribution is 0.290. The van der Waals surface area contributed by atoms with Crippen molar-refractivity contribution in [1.29, 1.82) is 0 Å². The standard InChI is InChI=1S/C16H25N3O/c1-12-3-2-9-19(10-8-12)15-7-6-14(17)16(18-15)20-11-13-4-5-13/h6-7,12-13H,2-5,8-11,17H2,1H3. The number of nitrogens with two attached hydrogens (primary N) is 1. The second kappa shape index (κ2) is 5.90. The third-order valence-corrected chi connectivity index (χ3v) is 4.37. The molecule has 2 aliphatic rings. The summed E-state index contributed by atoms with van der Waals surface area (Å²) in [6, 6.07) is 3.95. The molecule has 2 fully saturated rings. The Bertz CT molecular complexity index is 459. The zero-order chi connectivity index (χ0) is 13.9. The number of hydrogen-bond acceptors (Lipinski definition) is 4. The minimum Gasteiger partial charge on any atom is -0.476 e. The van der Waals surface area contributed by atoms with E-state index in [4.69, 9.17) is 10.5 Å².